The zero-order chi connectivity index (χ0) is 17.4. The van der Waals surface area contributed by atoms with Gasteiger partial charge in [-0.1, -0.05) is 29.3 Å². The van der Waals surface area contributed by atoms with E-state index in [9.17, 15) is 4.79 Å². The SMILES string of the molecule is CCn1cc(CN(C)C(=O)c2sc3cc(Cl)ccc3c2Cl)c(C)n1. The normalized spacial score (nSPS) is 11.2. The van der Waals surface area contributed by atoms with Crippen LogP contribution in [0.4, 0.5) is 0 Å². The number of halogens is 2. The van der Waals surface area contributed by atoms with E-state index in [1.807, 2.05) is 36.9 Å². The smallest absolute Gasteiger partial charge is 0.265 e. The lowest BCUT2D eigenvalue weighted by Gasteiger charge is -2.16. The zero-order valence-electron chi connectivity index (χ0n) is 13.6. The van der Waals surface area contributed by atoms with Gasteiger partial charge in [0, 0.05) is 47.0 Å². The number of amides is 1. The summed E-state index contributed by atoms with van der Waals surface area (Å²) in [5, 5.41) is 6.40. The highest BCUT2D eigenvalue weighted by Gasteiger charge is 2.21. The molecular weight excluding hydrogens is 365 g/mol. The summed E-state index contributed by atoms with van der Waals surface area (Å²) in [6.45, 7) is 5.29. The number of benzene rings is 1. The van der Waals surface area contributed by atoms with Crippen molar-refractivity contribution in [2.24, 2.45) is 0 Å². The van der Waals surface area contributed by atoms with Crippen LogP contribution in [0, 0.1) is 6.92 Å². The van der Waals surface area contributed by atoms with Gasteiger partial charge in [0.05, 0.1) is 10.7 Å². The molecule has 0 saturated carbocycles. The highest BCUT2D eigenvalue weighted by atomic mass is 35.5. The molecule has 0 saturated heterocycles. The lowest BCUT2D eigenvalue weighted by Crippen LogP contribution is -2.25. The van der Waals surface area contributed by atoms with E-state index in [0.717, 1.165) is 27.9 Å². The average molecular weight is 382 g/mol. The van der Waals surface area contributed by atoms with E-state index in [1.165, 1.54) is 11.3 Å². The molecule has 0 aliphatic carbocycles. The standard InChI is InChI=1S/C17H17Cl2N3OS/c1-4-22-9-11(10(2)20-22)8-21(3)17(23)16-15(19)13-6-5-12(18)7-14(13)24-16/h5-7,9H,4,8H2,1-3H3. The molecule has 0 bridgehead atoms. The molecule has 0 unspecified atom stereocenters. The number of carbonyl (C=O) groups excluding carboxylic acids is 1. The number of thiophene rings is 1. The molecule has 0 atom stereocenters. The minimum absolute atomic E-state index is 0.0963. The number of hydrogen-bond acceptors (Lipinski definition) is 3. The molecule has 1 aromatic carbocycles. The van der Waals surface area contributed by atoms with Crippen LogP contribution in [0.5, 0.6) is 0 Å². The molecule has 0 N–H and O–H groups in total. The van der Waals surface area contributed by atoms with Crippen LogP contribution >= 0.6 is 34.5 Å². The number of aromatic nitrogens is 2. The van der Waals surface area contributed by atoms with Gasteiger partial charge in [-0.25, -0.2) is 0 Å². The van der Waals surface area contributed by atoms with Crippen LogP contribution in [0.25, 0.3) is 10.1 Å². The van der Waals surface area contributed by atoms with Crippen molar-refractivity contribution >= 4 is 50.5 Å². The van der Waals surface area contributed by atoms with Gasteiger partial charge in [-0.05, 0) is 26.0 Å². The number of carbonyl (C=O) groups is 1. The first-order valence-corrected chi connectivity index (χ1v) is 9.14. The Kier molecular flexibility index (Phi) is 4.85. The molecule has 7 heteroatoms. The van der Waals surface area contributed by atoms with E-state index in [0.29, 0.717) is 21.5 Å². The Labute approximate surface area is 154 Å². The third-order valence-electron chi connectivity index (χ3n) is 3.91. The van der Waals surface area contributed by atoms with Gasteiger partial charge < -0.3 is 4.90 Å². The van der Waals surface area contributed by atoms with Gasteiger partial charge in [-0.2, -0.15) is 5.10 Å². The van der Waals surface area contributed by atoms with Gasteiger partial charge in [0.2, 0.25) is 0 Å². The van der Waals surface area contributed by atoms with E-state index in [2.05, 4.69) is 5.10 Å². The molecule has 0 aliphatic rings. The maximum Gasteiger partial charge on any atom is 0.265 e. The molecule has 0 aliphatic heterocycles. The summed E-state index contributed by atoms with van der Waals surface area (Å²) in [4.78, 5) is 15.0. The quantitative estimate of drug-likeness (QED) is 0.637. The predicted molar refractivity (Wildman–Crippen MR) is 100 cm³/mol. The summed E-state index contributed by atoms with van der Waals surface area (Å²) in [5.41, 5.74) is 1.97. The number of aryl methyl sites for hydroxylation is 2. The largest absolute Gasteiger partial charge is 0.337 e. The third-order valence-corrected chi connectivity index (χ3v) is 5.79. The van der Waals surface area contributed by atoms with Crippen molar-refractivity contribution in [1.29, 1.82) is 0 Å². The minimum Gasteiger partial charge on any atom is -0.337 e. The van der Waals surface area contributed by atoms with Crippen molar-refractivity contribution in [2.75, 3.05) is 7.05 Å². The summed E-state index contributed by atoms with van der Waals surface area (Å²) in [7, 11) is 1.78. The number of hydrogen-bond donors (Lipinski definition) is 0. The van der Waals surface area contributed by atoms with E-state index in [-0.39, 0.29) is 5.91 Å². The minimum atomic E-state index is -0.0963. The lowest BCUT2D eigenvalue weighted by molar-refractivity contribution is 0.0790. The summed E-state index contributed by atoms with van der Waals surface area (Å²) >= 11 is 13.8. The Hall–Kier alpha value is -1.56. The number of fused-ring (bicyclic) bond motifs is 1. The molecule has 4 nitrogen and oxygen atoms in total. The fourth-order valence-corrected chi connectivity index (χ4v) is 4.34. The molecule has 24 heavy (non-hydrogen) atoms. The Morgan fingerprint density at radius 2 is 2.12 bits per heavy atom. The Morgan fingerprint density at radius 3 is 2.79 bits per heavy atom. The second kappa shape index (κ2) is 6.75. The molecule has 0 fully saturated rings. The van der Waals surface area contributed by atoms with Gasteiger partial charge in [-0.3, -0.25) is 9.48 Å². The summed E-state index contributed by atoms with van der Waals surface area (Å²) < 4.78 is 2.79. The van der Waals surface area contributed by atoms with Crippen molar-refractivity contribution in [3.05, 3.63) is 50.6 Å². The molecule has 0 spiro atoms. The highest BCUT2D eigenvalue weighted by Crippen LogP contribution is 2.37. The third kappa shape index (κ3) is 3.16. The zero-order valence-corrected chi connectivity index (χ0v) is 16.0. The fraction of sp³-hybridized carbons (Fsp3) is 0.294. The van der Waals surface area contributed by atoms with Gasteiger partial charge >= 0.3 is 0 Å². The summed E-state index contributed by atoms with van der Waals surface area (Å²) in [5.74, 6) is -0.0963. The Bertz CT molecular complexity index is 916. The predicted octanol–water partition coefficient (Wildman–Crippen LogP) is 5.01. The number of rotatable bonds is 4. The highest BCUT2D eigenvalue weighted by molar-refractivity contribution is 7.21. The van der Waals surface area contributed by atoms with Crippen LogP contribution in [0.1, 0.15) is 27.9 Å². The Morgan fingerprint density at radius 1 is 1.38 bits per heavy atom. The molecule has 2 heterocycles. The van der Waals surface area contributed by atoms with Crippen LogP contribution < -0.4 is 0 Å². The Balaban J connectivity index is 1.88. The van der Waals surface area contributed by atoms with E-state index < -0.39 is 0 Å². The van der Waals surface area contributed by atoms with Crippen molar-refractivity contribution in [3.8, 4) is 0 Å². The van der Waals surface area contributed by atoms with Crippen LogP contribution in [-0.4, -0.2) is 27.6 Å². The first-order valence-electron chi connectivity index (χ1n) is 7.56. The summed E-state index contributed by atoms with van der Waals surface area (Å²) in [6, 6.07) is 5.46. The van der Waals surface area contributed by atoms with Crippen LogP contribution in [0.2, 0.25) is 10.0 Å². The molecular formula is C17H17Cl2N3OS. The van der Waals surface area contributed by atoms with Gasteiger partial charge in [-0.15, -0.1) is 11.3 Å². The van der Waals surface area contributed by atoms with Crippen LogP contribution in [-0.2, 0) is 13.1 Å². The number of nitrogens with zero attached hydrogens (tertiary/aromatic N) is 3. The lowest BCUT2D eigenvalue weighted by atomic mass is 10.2. The summed E-state index contributed by atoms with van der Waals surface area (Å²) in [6.07, 6.45) is 1.98. The van der Waals surface area contributed by atoms with E-state index >= 15 is 0 Å². The van der Waals surface area contributed by atoms with Crippen LogP contribution in [0.3, 0.4) is 0 Å². The van der Waals surface area contributed by atoms with Gasteiger partial charge in [0.15, 0.2) is 0 Å². The maximum atomic E-state index is 12.8. The van der Waals surface area contributed by atoms with Crippen molar-refractivity contribution in [1.82, 2.24) is 14.7 Å². The van der Waals surface area contributed by atoms with Crippen LogP contribution in [0.15, 0.2) is 24.4 Å². The average Bonchev–Trinajstić information content (AvgIpc) is 3.07. The van der Waals surface area contributed by atoms with Crippen molar-refractivity contribution in [2.45, 2.75) is 26.9 Å². The monoisotopic (exact) mass is 381 g/mol. The first kappa shape index (κ1) is 17.3. The molecule has 3 aromatic rings. The van der Waals surface area contributed by atoms with Crippen molar-refractivity contribution < 1.29 is 4.79 Å². The second-order valence-corrected chi connectivity index (χ2v) is 7.51. The molecule has 126 valence electrons. The van der Waals surface area contributed by atoms with E-state index in [1.54, 1.807) is 18.0 Å². The molecule has 1 amide bonds. The molecule has 3 rings (SSSR count). The fourth-order valence-electron chi connectivity index (χ4n) is 2.55. The van der Waals surface area contributed by atoms with Crippen molar-refractivity contribution in [3.63, 3.8) is 0 Å². The molecule has 0 radical (unpaired) electrons. The van der Waals surface area contributed by atoms with E-state index in [4.69, 9.17) is 23.2 Å². The first-order chi connectivity index (χ1) is 11.4. The van der Waals surface area contributed by atoms with Gasteiger partial charge in [0.1, 0.15) is 4.88 Å². The van der Waals surface area contributed by atoms with Gasteiger partial charge in [0.25, 0.3) is 5.91 Å². The molecule has 2 aromatic heterocycles. The maximum absolute atomic E-state index is 12.8. The topological polar surface area (TPSA) is 38.1 Å². The second-order valence-electron chi connectivity index (χ2n) is 5.64.